The van der Waals surface area contributed by atoms with Crippen molar-refractivity contribution < 1.29 is 4.74 Å². The standard InChI is InChI=1S/C10H8ClNOS/c1-13-8-4-2-7(3-5-8)10-9(11)6-14-12-10/h2-6H,1H3. The van der Waals surface area contributed by atoms with Crippen molar-refractivity contribution in [3.05, 3.63) is 34.7 Å². The summed E-state index contributed by atoms with van der Waals surface area (Å²) in [5.74, 6) is 0.833. The van der Waals surface area contributed by atoms with Crippen LogP contribution in [0.4, 0.5) is 0 Å². The van der Waals surface area contributed by atoms with Crippen molar-refractivity contribution >= 4 is 23.1 Å². The molecule has 72 valence electrons. The van der Waals surface area contributed by atoms with Crippen molar-refractivity contribution in [3.63, 3.8) is 0 Å². The summed E-state index contributed by atoms with van der Waals surface area (Å²) >= 11 is 7.32. The third-order valence-electron chi connectivity index (χ3n) is 1.89. The van der Waals surface area contributed by atoms with Gasteiger partial charge in [0.25, 0.3) is 0 Å². The maximum Gasteiger partial charge on any atom is 0.118 e. The molecule has 0 amide bonds. The number of halogens is 1. The second-order valence-corrected chi connectivity index (χ2v) is 3.78. The van der Waals surface area contributed by atoms with Gasteiger partial charge in [0.15, 0.2) is 0 Å². The van der Waals surface area contributed by atoms with Gasteiger partial charge in [0.1, 0.15) is 11.4 Å². The molecule has 0 saturated carbocycles. The van der Waals surface area contributed by atoms with E-state index >= 15 is 0 Å². The second-order valence-electron chi connectivity index (χ2n) is 2.74. The fourth-order valence-electron chi connectivity index (χ4n) is 1.16. The first kappa shape index (κ1) is 9.49. The van der Waals surface area contributed by atoms with Gasteiger partial charge < -0.3 is 4.74 Å². The first-order chi connectivity index (χ1) is 6.81. The van der Waals surface area contributed by atoms with Crippen molar-refractivity contribution in [1.82, 2.24) is 4.37 Å². The summed E-state index contributed by atoms with van der Waals surface area (Å²) in [6.07, 6.45) is 0. The molecular weight excluding hydrogens is 218 g/mol. The summed E-state index contributed by atoms with van der Waals surface area (Å²) in [6, 6.07) is 7.68. The van der Waals surface area contributed by atoms with Crippen LogP contribution in [0.2, 0.25) is 5.02 Å². The van der Waals surface area contributed by atoms with E-state index in [4.69, 9.17) is 16.3 Å². The number of nitrogens with zero attached hydrogens (tertiary/aromatic N) is 1. The lowest BCUT2D eigenvalue weighted by atomic mass is 10.1. The molecule has 0 spiro atoms. The maximum absolute atomic E-state index is 5.96. The van der Waals surface area contributed by atoms with Crippen LogP contribution in [-0.4, -0.2) is 11.5 Å². The molecule has 2 rings (SSSR count). The third kappa shape index (κ3) is 1.74. The van der Waals surface area contributed by atoms with Crippen LogP contribution in [0.15, 0.2) is 29.6 Å². The highest BCUT2D eigenvalue weighted by atomic mass is 35.5. The van der Waals surface area contributed by atoms with E-state index in [2.05, 4.69) is 4.37 Å². The van der Waals surface area contributed by atoms with Crippen LogP contribution >= 0.6 is 23.1 Å². The quantitative estimate of drug-likeness (QED) is 0.781. The highest BCUT2D eigenvalue weighted by Crippen LogP contribution is 2.29. The Balaban J connectivity index is 2.39. The van der Waals surface area contributed by atoms with E-state index in [-0.39, 0.29) is 0 Å². The van der Waals surface area contributed by atoms with Crippen LogP contribution in [0.3, 0.4) is 0 Å². The minimum atomic E-state index is 0.695. The molecule has 0 radical (unpaired) electrons. The van der Waals surface area contributed by atoms with Gasteiger partial charge in [0, 0.05) is 10.9 Å². The number of rotatable bonds is 2. The van der Waals surface area contributed by atoms with Gasteiger partial charge >= 0.3 is 0 Å². The van der Waals surface area contributed by atoms with Gasteiger partial charge in [0.2, 0.25) is 0 Å². The number of benzene rings is 1. The molecule has 1 heterocycles. The molecule has 0 saturated heterocycles. The first-order valence-electron chi connectivity index (χ1n) is 4.05. The molecular formula is C10H8ClNOS. The van der Waals surface area contributed by atoms with Crippen LogP contribution < -0.4 is 4.74 Å². The molecule has 0 atom stereocenters. The number of hydrogen-bond acceptors (Lipinski definition) is 3. The Hall–Kier alpha value is -1.06. The van der Waals surface area contributed by atoms with Crippen molar-refractivity contribution in [2.75, 3.05) is 7.11 Å². The van der Waals surface area contributed by atoms with Gasteiger partial charge in [-0.3, -0.25) is 0 Å². The van der Waals surface area contributed by atoms with Gasteiger partial charge in [-0.15, -0.1) is 0 Å². The summed E-state index contributed by atoms with van der Waals surface area (Å²) in [7, 11) is 1.64. The zero-order chi connectivity index (χ0) is 9.97. The molecule has 1 aromatic carbocycles. The zero-order valence-corrected chi connectivity index (χ0v) is 9.10. The minimum absolute atomic E-state index is 0.695. The smallest absolute Gasteiger partial charge is 0.118 e. The first-order valence-corrected chi connectivity index (χ1v) is 5.27. The molecule has 14 heavy (non-hydrogen) atoms. The molecule has 0 N–H and O–H groups in total. The van der Waals surface area contributed by atoms with Gasteiger partial charge in [0.05, 0.1) is 12.1 Å². The Bertz CT molecular complexity index is 424. The van der Waals surface area contributed by atoms with Crippen molar-refractivity contribution in [1.29, 1.82) is 0 Å². The maximum atomic E-state index is 5.96. The van der Waals surface area contributed by atoms with Crippen LogP contribution in [0.25, 0.3) is 11.3 Å². The SMILES string of the molecule is COc1ccc(-c2nscc2Cl)cc1. The predicted octanol–water partition coefficient (Wildman–Crippen LogP) is 3.47. The van der Waals surface area contributed by atoms with E-state index in [0.29, 0.717) is 5.02 Å². The Morgan fingerprint density at radius 1 is 1.29 bits per heavy atom. The van der Waals surface area contributed by atoms with E-state index in [0.717, 1.165) is 17.0 Å². The normalized spacial score (nSPS) is 10.1. The Morgan fingerprint density at radius 2 is 2.00 bits per heavy atom. The molecule has 2 aromatic rings. The molecule has 0 bridgehead atoms. The number of hydrogen-bond donors (Lipinski definition) is 0. The average Bonchev–Trinajstić information content (AvgIpc) is 2.65. The van der Waals surface area contributed by atoms with Crippen molar-refractivity contribution in [2.45, 2.75) is 0 Å². The zero-order valence-electron chi connectivity index (χ0n) is 7.53. The second kappa shape index (κ2) is 3.98. The molecule has 0 fully saturated rings. The molecule has 0 unspecified atom stereocenters. The monoisotopic (exact) mass is 225 g/mol. The van der Waals surface area contributed by atoms with Crippen molar-refractivity contribution in [2.24, 2.45) is 0 Å². The topological polar surface area (TPSA) is 22.1 Å². The summed E-state index contributed by atoms with van der Waals surface area (Å²) in [6.45, 7) is 0. The summed E-state index contributed by atoms with van der Waals surface area (Å²) < 4.78 is 9.28. The summed E-state index contributed by atoms with van der Waals surface area (Å²) in [4.78, 5) is 0. The Morgan fingerprint density at radius 3 is 2.50 bits per heavy atom. The van der Waals surface area contributed by atoms with Crippen LogP contribution in [-0.2, 0) is 0 Å². The number of methoxy groups -OCH3 is 1. The van der Waals surface area contributed by atoms with Crippen LogP contribution in [0.1, 0.15) is 0 Å². The molecule has 1 aromatic heterocycles. The Labute approximate surface area is 91.3 Å². The van der Waals surface area contributed by atoms with E-state index in [1.165, 1.54) is 11.5 Å². The van der Waals surface area contributed by atoms with E-state index in [9.17, 15) is 0 Å². The predicted molar refractivity (Wildman–Crippen MR) is 59.1 cm³/mol. The largest absolute Gasteiger partial charge is 0.497 e. The molecule has 0 aliphatic carbocycles. The molecule has 2 nitrogen and oxygen atoms in total. The highest BCUT2D eigenvalue weighted by Gasteiger charge is 2.05. The molecule has 4 heteroatoms. The number of ether oxygens (including phenoxy) is 1. The summed E-state index contributed by atoms with van der Waals surface area (Å²) in [5.41, 5.74) is 1.84. The van der Waals surface area contributed by atoms with E-state index in [1.54, 1.807) is 7.11 Å². The van der Waals surface area contributed by atoms with Crippen molar-refractivity contribution in [3.8, 4) is 17.0 Å². The Kier molecular flexibility index (Phi) is 2.70. The lowest BCUT2D eigenvalue weighted by Crippen LogP contribution is -1.82. The van der Waals surface area contributed by atoms with Gasteiger partial charge in [-0.25, -0.2) is 0 Å². The lowest BCUT2D eigenvalue weighted by Gasteiger charge is -2.00. The van der Waals surface area contributed by atoms with E-state index < -0.39 is 0 Å². The fraction of sp³-hybridized carbons (Fsp3) is 0.100. The minimum Gasteiger partial charge on any atom is -0.497 e. The molecule has 0 aliphatic heterocycles. The van der Waals surface area contributed by atoms with Gasteiger partial charge in [-0.1, -0.05) is 11.6 Å². The lowest BCUT2D eigenvalue weighted by molar-refractivity contribution is 0.415. The molecule has 0 aliphatic rings. The van der Waals surface area contributed by atoms with Gasteiger partial charge in [-0.2, -0.15) is 4.37 Å². The third-order valence-corrected chi connectivity index (χ3v) is 2.94. The average molecular weight is 226 g/mol. The summed E-state index contributed by atoms with van der Waals surface area (Å²) in [5, 5.41) is 2.52. The van der Waals surface area contributed by atoms with Gasteiger partial charge in [-0.05, 0) is 35.8 Å². The number of aromatic nitrogens is 1. The van der Waals surface area contributed by atoms with Crippen LogP contribution in [0.5, 0.6) is 5.75 Å². The highest BCUT2D eigenvalue weighted by molar-refractivity contribution is 7.04. The van der Waals surface area contributed by atoms with Crippen LogP contribution in [0, 0.1) is 0 Å². The fourth-order valence-corrected chi connectivity index (χ4v) is 2.05. The van der Waals surface area contributed by atoms with E-state index in [1.807, 2.05) is 29.6 Å².